The van der Waals surface area contributed by atoms with Crippen LogP contribution in [-0.4, -0.2) is 7.69 Å². The Bertz CT molecular complexity index is 947. The summed E-state index contributed by atoms with van der Waals surface area (Å²) < 4.78 is 11.3. The van der Waals surface area contributed by atoms with Crippen molar-refractivity contribution in [2.24, 2.45) is 0 Å². The van der Waals surface area contributed by atoms with Crippen molar-refractivity contribution in [2.75, 3.05) is 0 Å². The van der Waals surface area contributed by atoms with Crippen molar-refractivity contribution < 1.29 is 9.31 Å². The smallest absolute Gasteiger partial charge is 0.532 e. The molecule has 0 saturated carbocycles. The Labute approximate surface area is 184 Å². The number of benzene rings is 4. The highest BCUT2D eigenvalue weighted by Gasteiger charge is 2.07. The topological polar surface area (TPSA) is 18.5 Å². The summed E-state index contributed by atoms with van der Waals surface area (Å²) in [6.45, 7) is 0. The highest BCUT2D eigenvalue weighted by molar-refractivity contribution is 6.19. The van der Waals surface area contributed by atoms with Crippen LogP contribution < -0.4 is 0 Å². The Morgan fingerprint density at radius 2 is 0.677 bits per heavy atom. The molecule has 0 aliphatic rings. The summed E-state index contributed by atoms with van der Waals surface area (Å²) >= 11 is 0. The van der Waals surface area contributed by atoms with Crippen LogP contribution in [0, 0.1) is 0 Å². The van der Waals surface area contributed by atoms with Gasteiger partial charge in [-0.25, -0.2) is 0 Å². The summed E-state index contributed by atoms with van der Waals surface area (Å²) in [6, 6.07) is 40.6. The molecule has 0 amide bonds. The van der Waals surface area contributed by atoms with Crippen molar-refractivity contribution in [1.29, 1.82) is 0 Å². The highest BCUT2D eigenvalue weighted by Crippen LogP contribution is 2.24. The van der Waals surface area contributed by atoms with Crippen LogP contribution >= 0.6 is 0 Å². The van der Waals surface area contributed by atoms with Gasteiger partial charge in [-0.15, -0.1) is 0 Å². The van der Waals surface area contributed by atoms with Crippen molar-refractivity contribution in [1.82, 2.24) is 0 Å². The van der Waals surface area contributed by atoms with E-state index in [1.807, 2.05) is 72.8 Å². The Kier molecular flexibility index (Phi) is 7.01. The van der Waals surface area contributed by atoms with Crippen LogP contribution in [0.3, 0.4) is 0 Å². The Hall–Kier alpha value is -3.98. The van der Waals surface area contributed by atoms with E-state index in [2.05, 4.69) is 48.5 Å². The average Bonchev–Trinajstić information content (AvgIpc) is 2.86. The minimum Gasteiger partial charge on any atom is -0.532 e. The molecule has 0 saturated heterocycles. The second-order valence-corrected chi connectivity index (χ2v) is 6.90. The zero-order chi connectivity index (χ0) is 21.1. The van der Waals surface area contributed by atoms with Gasteiger partial charge in [0.25, 0.3) is 0 Å². The molecule has 0 unspecified atom stereocenters. The number of hydrogen-bond donors (Lipinski definition) is 0. The maximum Gasteiger partial charge on any atom is 0.657 e. The summed E-state index contributed by atoms with van der Waals surface area (Å²) in [5, 5.41) is 0. The second-order valence-electron chi connectivity index (χ2n) is 6.90. The van der Waals surface area contributed by atoms with Gasteiger partial charge in [0, 0.05) is 11.1 Å². The first kappa shape index (κ1) is 20.3. The van der Waals surface area contributed by atoms with E-state index >= 15 is 0 Å². The lowest BCUT2D eigenvalue weighted by atomic mass is 9.99. The zero-order valence-corrected chi connectivity index (χ0v) is 17.1. The van der Waals surface area contributed by atoms with Gasteiger partial charge >= 0.3 is 7.69 Å². The van der Waals surface area contributed by atoms with Crippen LogP contribution in [0.4, 0.5) is 0 Å². The molecule has 0 aliphatic carbocycles. The maximum absolute atomic E-state index is 5.67. The fourth-order valence-electron chi connectivity index (χ4n) is 3.30. The molecule has 0 aliphatic heterocycles. The molecular weight excluding hydrogens is 379 g/mol. The first-order chi connectivity index (χ1) is 15.4. The highest BCUT2D eigenvalue weighted by atomic mass is 16.6. The quantitative estimate of drug-likeness (QED) is 0.185. The first-order valence-corrected chi connectivity index (χ1v) is 10.2. The number of rotatable bonds is 8. The van der Waals surface area contributed by atoms with Crippen LogP contribution in [0.5, 0.6) is 0 Å². The van der Waals surface area contributed by atoms with Gasteiger partial charge in [-0.2, -0.15) is 0 Å². The summed E-state index contributed by atoms with van der Waals surface area (Å²) in [5.41, 5.74) is 6.27. The summed E-state index contributed by atoms with van der Waals surface area (Å²) in [4.78, 5) is 0. The summed E-state index contributed by atoms with van der Waals surface area (Å²) in [6.07, 6.45) is 3.42. The van der Waals surface area contributed by atoms with E-state index < -0.39 is 0 Å². The molecule has 31 heavy (non-hydrogen) atoms. The monoisotopic (exact) mass is 401 g/mol. The third kappa shape index (κ3) is 5.55. The van der Waals surface area contributed by atoms with Crippen molar-refractivity contribution in [3.63, 3.8) is 0 Å². The lowest BCUT2D eigenvalue weighted by Gasteiger charge is -2.10. The molecule has 0 heterocycles. The molecule has 3 heteroatoms. The molecule has 4 rings (SSSR count). The maximum atomic E-state index is 5.67. The average molecular weight is 401 g/mol. The molecule has 0 spiro atoms. The van der Waals surface area contributed by atoms with E-state index in [0.29, 0.717) is 0 Å². The fraction of sp³-hybridized carbons (Fsp3) is 0. The fourth-order valence-corrected chi connectivity index (χ4v) is 3.30. The van der Waals surface area contributed by atoms with Crippen molar-refractivity contribution in [2.45, 2.75) is 0 Å². The second kappa shape index (κ2) is 10.7. The minimum atomic E-state index is 0.983. The van der Waals surface area contributed by atoms with Gasteiger partial charge in [0.2, 0.25) is 0 Å². The SMILES string of the molecule is [B](OC=C(c1ccccc1)c1ccccc1)OC=C(c1ccccc1)c1ccccc1. The van der Waals surface area contributed by atoms with E-state index in [1.165, 1.54) is 7.69 Å². The lowest BCUT2D eigenvalue weighted by Crippen LogP contribution is -1.99. The van der Waals surface area contributed by atoms with Gasteiger partial charge in [-0.1, -0.05) is 121 Å². The molecule has 0 atom stereocenters. The van der Waals surface area contributed by atoms with Gasteiger partial charge in [-0.3, -0.25) is 0 Å². The van der Waals surface area contributed by atoms with Gasteiger partial charge < -0.3 is 9.31 Å². The summed E-state index contributed by atoms with van der Waals surface area (Å²) in [5.74, 6) is 0. The Morgan fingerprint density at radius 3 is 0.935 bits per heavy atom. The minimum absolute atomic E-state index is 0.983. The van der Waals surface area contributed by atoms with Crippen LogP contribution in [0.15, 0.2) is 134 Å². The predicted octanol–water partition coefficient (Wildman–Crippen LogP) is 6.73. The normalized spacial score (nSPS) is 9.94. The van der Waals surface area contributed by atoms with Gasteiger partial charge in [0.05, 0.1) is 12.5 Å². The predicted molar refractivity (Wildman–Crippen MR) is 128 cm³/mol. The molecule has 1 radical (unpaired) electrons. The third-order valence-electron chi connectivity index (χ3n) is 4.82. The summed E-state index contributed by atoms with van der Waals surface area (Å²) in [7, 11) is 1.34. The standard InChI is InChI=1S/C28H22BO2/c1-5-13-23(14-6-1)27(24-15-7-2-8-16-24)21-30-29-31-22-28(25-17-9-3-10-18-25)26-19-11-4-12-20-26/h1-22H. The Morgan fingerprint density at radius 1 is 0.419 bits per heavy atom. The van der Waals surface area contributed by atoms with Crippen LogP contribution in [0.1, 0.15) is 22.3 Å². The van der Waals surface area contributed by atoms with Crippen LogP contribution in [0.2, 0.25) is 0 Å². The van der Waals surface area contributed by atoms with Crippen molar-refractivity contribution in [3.05, 3.63) is 156 Å². The van der Waals surface area contributed by atoms with Crippen LogP contribution in [0.25, 0.3) is 11.1 Å². The van der Waals surface area contributed by atoms with E-state index in [9.17, 15) is 0 Å². The van der Waals surface area contributed by atoms with Gasteiger partial charge in [0.1, 0.15) is 0 Å². The molecule has 4 aromatic carbocycles. The van der Waals surface area contributed by atoms with Gasteiger partial charge in [0.15, 0.2) is 0 Å². The van der Waals surface area contributed by atoms with Gasteiger partial charge in [-0.05, 0) is 22.3 Å². The Balaban J connectivity index is 1.51. The zero-order valence-electron chi connectivity index (χ0n) is 17.1. The third-order valence-corrected chi connectivity index (χ3v) is 4.82. The molecule has 0 fully saturated rings. The molecule has 0 aromatic heterocycles. The molecule has 149 valence electrons. The van der Waals surface area contributed by atoms with Crippen LogP contribution in [-0.2, 0) is 9.31 Å². The van der Waals surface area contributed by atoms with Crippen molar-refractivity contribution in [3.8, 4) is 0 Å². The molecule has 0 bridgehead atoms. The molecule has 0 N–H and O–H groups in total. The van der Waals surface area contributed by atoms with E-state index in [-0.39, 0.29) is 0 Å². The largest absolute Gasteiger partial charge is 0.657 e. The van der Waals surface area contributed by atoms with E-state index in [4.69, 9.17) is 9.31 Å². The lowest BCUT2D eigenvalue weighted by molar-refractivity contribution is 0.378. The molecule has 4 aromatic rings. The number of hydrogen-bond acceptors (Lipinski definition) is 2. The van der Waals surface area contributed by atoms with Crippen molar-refractivity contribution >= 4 is 18.8 Å². The molecular formula is C28H22BO2. The van der Waals surface area contributed by atoms with E-state index in [1.54, 1.807) is 12.5 Å². The molecule has 2 nitrogen and oxygen atoms in total. The van der Waals surface area contributed by atoms with E-state index in [0.717, 1.165) is 33.4 Å². The first-order valence-electron chi connectivity index (χ1n) is 10.2.